The summed E-state index contributed by atoms with van der Waals surface area (Å²) in [6.07, 6.45) is -4.58. The predicted octanol–water partition coefficient (Wildman–Crippen LogP) is 3.62. The zero-order valence-corrected chi connectivity index (χ0v) is 15.3. The van der Waals surface area contributed by atoms with Gasteiger partial charge in [0.1, 0.15) is 6.54 Å². The molecule has 1 N–H and O–H groups in total. The number of ketones is 1. The van der Waals surface area contributed by atoms with E-state index in [1.54, 1.807) is 24.3 Å². The molecule has 0 spiro atoms. The van der Waals surface area contributed by atoms with Crippen LogP contribution in [0.15, 0.2) is 53.0 Å². The summed E-state index contributed by atoms with van der Waals surface area (Å²) in [7, 11) is 0. The van der Waals surface area contributed by atoms with Gasteiger partial charge >= 0.3 is 12.1 Å². The molecular formula is C18H13BrF3NO4. The van der Waals surface area contributed by atoms with Gasteiger partial charge in [0.15, 0.2) is 12.4 Å². The molecule has 0 saturated carbocycles. The number of ether oxygens (including phenoxy) is 1. The lowest BCUT2D eigenvalue weighted by Crippen LogP contribution is -2.31. The van der Waals surface area contributed by atoms with Gasteiger partial charge in [0.05, 0.1) is 5.56 Å². The maximum atomic E-state index is 12.6. The van der Waals surface area contributed by atoms with E-state index in [0.29, 0.717) is 16.1 Å². The fourth-order valence-corrected chi connectivity index (χ4v) is 2.43. The number of hydrogen-bond donors (Lipinski definition) is 1. The lowest BCUT2D eigenvalue weighted by atomic mass is 10.1. The van der Waals surface area contributed by atoms with Crippen LogP contribution in [0, 0.1) is 0 Å². The SMILES string of the molecule is O=C(CNC(=O)c1cccc(Br)c1)OCC(=O)c1cccc(C(F)(F)F)c1. The normalized spacial score (nSPS) is 11.0. The van der Waals surface area contributed by atoms with Gasteiger partial charge in [-0.3, -0.25) is 14.4 Å². The van der Waals surface area contributed by atoms with Gasteiger partial charge in [0, 0.05) is 15.6 Å². The summed E-state index contributed by atoms with van der Waals surface area (Å²) >= 11 is 3.21. The highest BCUT2D eigenvalue weighted by molar-refractivity contribution is 9.10. The molecule has 0 aliphatic rings. The topological polar surface area (TPSA) is 72.5 Å². The van der Waals surface area contributed by atoms with Crippen molar-refractivity contribution in [2.75, 3.05) is 13.2 Å². The molecule has 9 heteroatoms. The largest absolute Gasteiger partial charge is 0.456 e. The van der Waals surface area contributed by atoms with Crippen LogP contribution < -0.4 is 5.32 Å². The molecule has 0 aromatic heterocycles. The van der Waals surface area contributed by atoms with Crippen molar-refractivity contribution in [3.8, 4) is 0 Å². The average molecular weight is 444 g/mol. The summed E-state index contributed by atoms with van der Waals surface area (Å²) in [4.78, 5) is 35.4. The lowest BCUT2D eigenvalue weighted by Gasteiger charge is -2.09. The van der Waals surface area contributed by atoms with Crippen LogP contribution in [-0.2, 0) is 15.7 Å². The third kappa shape index (κ3) is 6.21. The number of rotatable bonds is 6. The number of carbonyl (C=O) groups is 3. The molecule has 0 radical (unpaired) electrons. The van der Waals surface area contributed by atoms with Crippen LogP contribution in [0.2, 0.25) is 0 Å². The molecule has 1 amide bonds. The summed E-state index contributed by atoms with van der Waals surface area (Å²) in [6, 6.07) is 10.3. The molecule has 2 rings (SSSR count). The summed E-state index contributed by atoms with van der Waals surface area (Å²) in [5.41, 5.74) is -0.881. The number of carbonyl (C=O) groups excluding carboxylic acids is 3. The Morgan fingerprint density at radius 3 is 2.33 bits per heavy atom. The molecule has 2 aromatic rings. The van der Waals surface area contributed by atoms with Crippen molar-refractivity contribution < 1.29 is 32.3 Å². The fourth-order valence-electron chi connectivity index (χ4n) is 2.03. The van der Waals surface area contributed by atoms with Gasteiger partial charge in [0.25, 0.3) is 5.91 Å². The monoisotopic (exact) mass is 443 g/mol. The van der Waals surface area contributed by atoms with Gasteiger partial charge in [-0.2, -0.15) is 13.2 Å². The van der Waals surface area contributed by atoms with E-state index in [0.717, 1.165) is 12.1 Å². The first kappa shape index (κ1) is 20.6. The molecular weight excluding hydrogens is 431 g/mol. The molecule has 2 aromatic carbocycles. The minimum Gasteiger partial charge on any atom is -0.456 e. The Kier molecular flexibility index (Phi) is 6.73. The molecule has 0 fully saturated rings. The van der Waals surface area contributed by atoms with Crippen molar-refractivity contribution in [1.82, 2.24) is 5.32 Å². The zero-order chi connectivity index (χ0) is 20.0. The second-order valence-corrected chi connectivity index (χ2v) is 6.27. The number of halogens is 4. The van der Waals surface area contributed by atoms with Crippen LogP contribution in [0.25, 0.3) is 0 Å². The van der Waals surface area contributed by atoms with Crippen molar-refractivity contribution in [3.05, 3.63) is 69.7 Å². The Labute approximate surface area is 160 Å². The third-order valence-electron chi connectivity index (χ3n) is 3.36. The third-order valence-corrected chi connectivity index (χ3v) is 3.85. The van der Waals surface area contributed by atoms with Gasteiger partial charge in [0.2, 0.25) is 0 Å². The van der Waals surface area contributed by atoms with Crippen molar-refractivity contribution >= 4 is 33.6 Å². The molecule has 0 bridgehead atoms. The highest BCUT2D eigenvalue weighted by Crippen LogP contribution is 2.29. The van der Waals surface area contributed by atoms with E-state index >= 15 is 0 Å². The number of benzene rings is 2. The van der Waals surface area contributed by atoms with E-state index in [4.69, 9.17) is 4.74 Å². The molecule has 0 saturated heterocycles. The van der Waals surface area contributed by atoms with E-state index in [9.17, 15) is 27.6 Å². The van der Waals surface area contributed by atoms with E-state index in [1.807, 2.05) is 0 Å². The Morgan fingerprint density at radius 2 is 1.67 bits per heavy atom. The minimum atomic E-state index is -4.58. The number of hydrogen-bond acceptors (Lipinski definition) is 4. The van der Waals surface area contributed by atoms with Gasteiger partial charge in [-0.1, -0.05) is 34.1 Å². The van der Waals surface area contributed by atoms with Crippen molar-refractivity contribution in [2.45, 2.75) is 6.18 Å². The maximum Gasteiger partial charge on any atom is 0.416 e. The van der Waals surface area contributed by atoms with Crippen LogP contribution in [0.4, 0.5) is 13.2 Å². The van der Waals surface area contributed by atoms with E-state index in [2.05, 4.69) is 21.2 Å². The van der Waals surface area contributed by atoms with Crippen molar-refractivity contribution in [3.63, 3.8) is 0 Å². The molecule has 0 heterocycles. The van der Waals surface area contributed by atoms with E-state index < -0.39 is 42.6 Å². The van der Waals surface area contributed by atoms with Crippen LogP contribution in [0.3, 0.4) is 0 Å². The maximum absolute atomic E-state index is 12.6. The van der Waals surface area contributed by atoms with Gasteiger partial charge in [-0.05, 0) is 30.3 Å². The summed E-state index contributed by atoms with van der Waals surface area (Å²) < 4.78 is 43.3. The van der Waals surface area contributed by atoms with E-state index in [1.165, 1.54) is 6.07 Å². The first-order valence-corrected chi connectivity index (χ1v) is 8.36. The van der Waals surface area contributed by atoms with Crippen molar-refractivity contribution in [2.24, 2.45) is 0 Å². The number of Topliss-reactive ketones (excluding diaryl/α,β-unsaturated/α-hetero) is 1. The van der Waals surface area contributed by atoms with Crippen LogP contribution in [0.5, 0.6) is 0 Å². The van der Waals surface area contributed by atoms with Crippen LogP contribution in [0.1, 0.15) is 26.3 Å². The Bertz CT molecular complexity index is 868. The quantitative estimate of drug-likeness (QED) is 0.546. The average Bonchev–Trinajstić information content (AvgIpc) is 2.63. The van der Waals surface area contributed by atoms with Gasteiger partial charge in [-0.15, -0.1) is 0 Å². The zero-order valence-electron chi connectivity index (χ0n) is 13.7. The van der Waals surface area contributed by atoms with Crippen molar-refractivity contribution in [1.29, 1.82) is 0 Å². The summed E-state index contributed by atoms with van der Waals surface area (Å²) in [5, 5.41) is 2.32. The Morgan fingerprint density at radius 1 is 1.00 bits per heavy atom. The number of esters is 1. The number of alkyl halides is 3. The Balaban J connectivity index is 1.85. The summed E-state index contributed by atoms with van der Waals surface area (Å²) in [6.45, 7) is -1.21. The molecule has 0 unspecified atom stereocenters. The second kappa shape index (κ2) is 8.81. The van der Waals surface area contributed by atoms with E-state index in [-0.39, 0.29) is 5.56 Å². The second-order valence-electron chi connectivity index (χ2n) is 5.36. The Hall–Kier alpha value is -2.68. The molecule has 0 aliphatic carbocycles. The van der Waals surface area contributed by atoms with Crippen LogP contribution >= 0.6 is 15.9 Å². The first-order valence-electron chi connectivity index (χ1n) is 7.56. The molecule has 5 nitrogen and oxygen atoms in total. The highest BCUT2D eigenvalue weighted by Gasteiger charge is 2.30. The summed E-state index contributed by atoms with van der Waals surface area (Å²) in [5.74, 6) is -2.19. The highest BCUT2D eigenvalue weighted by atomic mass is 79.9. The van der Waals surface area contributed by atoms with Crippen LogP contribution in [-0.4, -0.2) is 30.8 Å². The first-order chi connectivity index (χ1) is 12.7. The number of amides is 1. The fraction of sp³-hybridized carbons (Fsp3) is 0.167. The molecule has 0 aliphatic heterocycles. The molecule has 142 valence electrons. The lowest BCUT2D eigenvalue weighted by molar-refractivity contribution is -0.141. The standard InChI is InChI=1S/C18H13BrF3NO4/c19-14-6-2-4-12(8-14)17(26)23-9-16(25)27-10-15(24)11-3-1-5-13(7-11)18(20,21)22/h1-8H,9-10H2,(H,23,26). The molecule has 27 heavy (non-hydrogen) atoms. The predicted molar refractivity (Wildman–Crippen MR) is 93.2 cm³/mol. The molecule has 0 atom stereocenters. The van der Waals surface area contributed by atoms with Gasteiger partial charge in [-0.25, -0.2) is 0 Å². The minimum absolute atomic E-state index is 0.226. The number of nitrogens with one attached hydrogen (secondary N) is 1. The van der Waals surface area contributed by atoms with Gasteiger partial charge < -0.3 is 10.1 Å². The smallest absolute Gasteiger partial charge is 0.416 e.